The number of Topliss-reactive ketones (excluding diaryl/α,β-unsaturated/α-hetero) is 1. The first-order chi connectivity index (χ1) is 21.9. The fourth-order valence-corrected chi connectivity index (χ4v) is 5.65. The van der Waals surface area contributed by atoms with E-state index in [2.05, 4.69) is 15.6 Å². The highest BCUT2D eigenvalue weighted by atomic mass is 19.1. The summed E-state index contributed by atoms with van der Waals surface area (Å²) in [5.41, 5.74) is 0.716. The van der Waals surface area contributed by atoms with E-state index in [0.29, 0.717) is 58.9 Å². The average Bonchev–Trinajstić information content (AvgIpc) is 3.91. The molecule has 0 saturated heterocycles. The van der Waals surface area contributed by atoms with Crippen LogP contribution in [-0.4, -0.2) is 42.5 Å². The van der Waals surface area contributed by atoms with Gasteiger partial charge in [0, 0.05) is 29.8 Å². The molecule has 8 nitrogen and oxygen atoms in total. The number of aromatic nitrogens is 1. The summed E-state index contributed by atoms with van der Waals surface area (Å²) in [6.45, 7) is 1.59. The van der Waals surface area contributed by atoms with E-state index in [4.69, 9.17) is 14.2 Å². The molecular weight excluding hydrogens is 573 g/mol. The molecule has 1 heterocycles. The topological polar surface area (TPSA) is 98.8 Å². The van der Waals surface area contributed by atoms with Gasteiger partial charge in [0.1, 0.15) is 17.8 Å². The van der Waals surface area contributed by atoms with E-state index in [-0.39, 0.29) is 29.4 Å². The van der Waals surface area contributed by atoms with E-state index < -0.39 is 11.2 Å². The fraction of sp³-hybridized carbons (Fsp3) is 0.361. The number of ether oxygens (including phenoxy) is 3. The van der Waals surface area contributed by atoms with Crippen molar-refractivity contribution < 1.29 is 28.2 Å². The van der Waals surface area contributed by atoms with Crippen LogP contribution in [0.5, 0.6) is 23.0 Å². The first kappa shape index (κ1) is 29.2. The number of hydrogen-bond acceptors (Lipinski definition) is 7. The maximum absolute atomic E-state index is 15.3. The Morgan fingerprint density at radius 1 is 0.933 bits per heavy atom. The van der Waals surface area contributed by atoms with Gasteiger partial charge in [0.25, 0.3) is 0 Å². The predicted octanol–water partition coefficient (Wildman–Crippen LogP) is 6.62. The van der Waals surface area contributed by atoms with Gasteiger partial charge in [-0.2, -0.15) is 0 Å². The molecule has 232 valence electrons. The van der Waals surface area contributed by atoms with Gasteiger partial charge in [0.2, 0.25) is 5.91 Å². The van der Waals surface area contributed by atoms with E-state index in [9.17, 15) is 9.59 Å². The zero-order chi connectivity index (χ0) is 31.0. The molecule has 0 bridgehead atoms. The predicted molar refractivity (Wildman–Crippen MR) is 168 cm³/mol. The van der Waals surface area contributed by atoms with Gasteiger partial charge in [-0.15, -0.1) is 0 Å². The Kier molecular flexibility index (Phi) is 7.65. The lowest BCUT2D eigenvalue weighted by Crippen LogP contribution is -2.38. The van der Waals surface area contributed by atoms with Gasteiger partial charge >= 0.3 is 0 Å². The van der Waals surface area contributed by atoms with E-state index in [1.807, 2.05) is 24.3 Å². The van der Waals surface area contributed by atoms with Crippen molar-refractivity contribution in [2.24, 2.45) is 11.3 Å². The number of anilines is 1. The molecule has 0 spiro atoms. The van der Waals surface area contributed by atoms with Crippen LogP contribution in [0.4, 0.5) is 10.1 Å². The van der Waals surface area contributed by atoms with Crippen LogP contribution in [0.2, 0.25) is 0 Å². The third kappa shape index (κ3) is 6.35. The number of fused-ring (bicyclic) bond motifs is 1. The molecule has 0 unspecified atom stereocenters. The molecular formula is C36H36FN3O5. The van der Waals surface area contributed by atoms with Crippen molar-refractivity contribution >= 4 is 28.3 Å². The number of carbonyl (C=O) groups excluding carboxylic acids is 2. The molecule has 3 fully saturated rings. The Morgan fingerprint density at radius 3 is 2.42 bits per heavy atom. The van der Waals surface area contributed by atoms with Gasteiger partial charge in [-0.25, -0.2) is 4.39 Å². The van der Waals surface area contributed by atoms with E-state index >= 15 is 4.39 Å². The van der Waals surface area contributed by atoms with Crippen molar-refractivity contribution in [3.8, 4) is 23.0 Å². The first-order valence-corrected chi connectivity index (χ1v) is 15.6. The lowest BCUT2D eigenvalue weighted by molar-refractivity contribution is -0.132. The molecule has 3 aliphatic carbocycles. The molecule has 3 saturated carbocycles. The Hall–Kier alpha value is -4.50. The van der Waals surface area contributed by atoms with Crippen LogP contribution in [0.3, 0.4) is 0 Å². The molecule has 45 heavy (non-hydrogen) atoms. The molecule has 4 aromatic rings. The summed E-state index contributed by atoms with van der Waals surface area (Å²) in [6, 6.07) is 18.8. The summed E-state index contributed by atoms with van der Waals surface area (Å²) in [5, 5.41) is 7.16. The number of nitrogens with zero attached hydrogens (tertiary/aromatic N) is 1. The van der Waals surface area contributed by atoms with Crippen LogP contribution in [0, 0.1) is 17.2 Å². The number of methoxy groups -OCH3 is 1. The van der Waals surface area contributed by atoms with Crippen molar-refractivity contribution in [2.45, 2.75) is 50.5 Å². The third-order valence-corrected chi connectivity index (χ3v) is 9.14. The Labute approximate surface area is 261 Å². The number of ketones is 1. The second kappa shape index (κ2) is 11.8. The molecule has 1 aromatic heterocycles. The maximum atomic E-state index is 15.3. The normalized spacial score (nSPS) is 17.4. The fourth-order valence-electron chi connectivity index (χ4n) is 5.65. The number of amides is 1. The lowest BCUT2D eigenvalue weighted by atomic mass is 9.94. The number of carbonyl (C=O) groups is 2. The summed E-state index contributed by atoms with van der Waals surface area (Å²) in [6.07, 6.45) is 7.33. The summed E-state index contributed by atoms with van der Waals surface area (Å²) in [5.74, 6) is 1.22. The molecule has 3 aliphatic rings. The van der Waals surface area contributed by atoms with Crippen LogP contribution in [0.15, 0.2) is 72.9 Å². The summed E-state index contributed by atoms with van der Waals surface area (Å²) in [7, 11) is 1.58. The van der Waals surface area contributed by atoms with Gasteiger partial charge in [-0.05, 0) is 92.9 Å². The number of nitrogens with one attached hydrogen (secondary N) is 2. The Bertz CT molecular complexity index is 1750. The van der Waals surface area contributed by atoms with Gasteiger partial charge in [0.15, 0.2) is 28.8 Å². The Morgan fingerprint density at radius 2 is 1.73 bits per heavy atom. The molecule has 2 N–H and O–H groups in total. The number of hydrogen-bond donors (Lipinski definition) is 2. The van der Waals surface area contributed by atoms with Crippen LogP contribution < -0.4 is 24.8 Å². The van der Waals surface area contributed by atoms with E-state index in [1.54, 1.807) is 43.6 Å². The lowest BCUT2D eigenvalue weighted by Gasteiger charge is -2.20. The van der Waals surface area contributed by atoms with Crippen molar-refractivity contribution in [3.63, 3.8) is 0 Å². The second-order valence-electron chi connectivity index (χ2n) is 12.6. The monoisotopic (exact) mass is 609 g/mol. The van der Waals surface area contributed by atoms with E-state index in [0.717, 1.165) is 25.3 Å². The summed E-state index contributed by atoms with van der Waals surface area (Å²) in [4.78, 5) is 30.6. The Balaban J connectivity index is 1.03. The first-order valence-electron chi connectivity index (χ1n) is 15.6. The van der Waals surface area contributed by atoms with Crippen LogP contribution >= 0.6 is 0 Å². The highest BCUT2D eigenvalue weighted by Crippen LogP contribution is 2.48. The van der Waals surface area contributed by atoms with Crippen molar-refractivity contribution in [1.29, 1.82) is 0 Å². The van der Waals surface area contributed by atoms with Crippen LogP contribution in [0.25, 0.3) is 10.9 Å². The van der Waals surface area contributed by atoms with Crippen molar-refractivity contribution in [2.75, 3.05) is 25.6 Å². The quantitative estimate of drug-likeness (QED) is 0.155. The number of rotatable bonds is 14. The maximum Gasteiger partial charge on any atom is 0.238 e. The van der Waals surface area contributed by atoms with Gasteiger partial charge in [-0.3, -0.25) is 14.6 Å². The number of halogens is 1. The second-order valence-corrected chi connectivity index (χ2v) is 12.6. The van der Waals surface area contributed by atoms with Crippen molar-refractivity contribution in [1.82, 2.24) is 10.3 Å². The summed E-state index contributed by atoms with van der Waals surface area (Å²) >= 11 is 0. The molecule has 7 rings (SSSR count). The molecule has 3 aromatic carbocycles. The molecule has 0 radical (unpaired) electrons. The van der Waals surface area contributed by atoms with Gasteiger partial charge < -0.3 is 24.8 Å². The minimum atomic E-state index is -1.06. The highest BCUT2D eigenvalue weighted by molar-refractivity contribution is 6.14. The van der Waals surface area contributed by atoms with Crippen LogP contribution in [-0.2, 0) is 16.0 Å². The number of benzene rings is 3. The minimum absolute atomic E-state index is 0.0124. The average molecular weight is 610 g/mol. The van der Waals surface area contributed by atoms with Crippen LogP contribution in [0.1, 0.15) is 44.1 Å². The van der Waals surface area contributed by atoms with Crippen molar-refractivity contribution in [3.05, 3.63) is 84.3 Å². The number of para-hydroxylation sites is 1. The zero-order valence-corrected chi connectivity index (χ0v) is 25.2. The highest BCUT2D eigenvalue weighted by Gasteiger charge is 2.55. The number of pyridine rings is 1. The third-order valence-electron chi connectivity index (χ3n) is 9.14. The van der Waals surface area contributed by atoms with Gasteiger partial charge in [0.05, 0.1) is 18.2 Å². The minimum Gasteiger partial charge on any atom is -0.493 e. The van der Waals surface area contributed by atoms with E-state index in [1.165, 1.54) is 25.0 Å². The molecule has 9 heteroatoms. The standard InChI is InChI=1S/C36H36FN3O5/c1-43-31-19-26-28(20-32(31)44-22-35(12-13-35)39-21-23-7-8-23)38-16-11-29(26)45-30-10-9-24(17-27(30)37)18-33(41)36(14-15-36)34(42)40-25-5-3-2-4-6-25/h2-6,9-11,16-17,19-20,23,39H,7-8,12-15,18,21-22H2,1H3,(H,40,42). The molecule has 0 atom stereocenters. The molecule has 1 amide bonds. The largest absolute Gasteiger partial charge is 0.493 e. The van der Waals surface area contributed by atoms with Gasteiger partial charge in [-0.1, -0.05) is 24.3 Å². The molecule has 0 aliphatic heterocycles. The zero-order valence-electron chi connectivity index (χ0n) is 25.2. The smallest absolute Gasteiger partial charge is 0.238 e. The summed E-state index contributed by atoms with van der Waals surface area (Å²) < 4.78 is 33.2. The SMILES string of the molecule is COc1cc2c(Oc3ccc(CC(=O)C4(C(=O)Nc5ccccc5)CC4)cc3F)ccnc2cc1OCC1(NCC2CC2)CC1.